The average Bonchev–Trinajstić information content (AvgIpc) is 2.63. The van der Waals surface area contributed by atoms with E-state index in [1.807, 2.05) is 32.9 Å². The predicted octanol–water partition coefficient (Wildman–Crippen LogP) is 3.47. The monoisotopic (exact) mass is 386 g/mol. The molecule has 0 radical (unpaired) electrons. The number of anilines is 1. The van der Waals surface area contributed by atoms with Gasteiger partial charge in [0.05, 0.1) is 4.92 Å². The molecule has 0 saturated heterocycles. The number of ether oxygens (including phenoxy) is 2. The molecular weight excluding hydrogens is 364 g/mol. The summed E-state index contributed by atoms with van der Waals surface area (Å²) in [5.74, 6) is -0.886. The van der Waals surface area contributed by atoms with Gasteiger partial charge in [-0.05, 0) is 51.0 Å². The number of rotatable bonds is 7. The molecule has 1 N–H and O–H groups in total. The first-order valence-electron chi connectivity index (χ1n) is 8.63. The lowest BCUT2D eigenvalue weighted by Crippen LogP contribution is -2.32. The number of non-ortho nitro benzene ring substituents is 1. The zero-order valence-corrected chi connectivity index (χ0v) is 16.1. The third kappa shape index (κ3) is 5.54. The molecule has 28 heavy (non-hydrogen) atoms. The quantitative estimate of drug-likeness (QED) is 0.443. The third-order valence-corrected chi connectivity index (χ3v) is 4.01. The number of nitro groups is 1. The van der Waals surface area contributed by atoms with E-state index in [1.165, 1.54) is 31.2 Å². The normalized spacial score (nSPS) is 11.4. The van der Waals surface area contributed by atoms with Crippen molar-refractivity contribution in [1.82, 2.24) is 0 Å². The van der Waals surface area contributed by atoms with E-state index in [4.69, 9.17) is 9.47 Å². The largest absolute Gasteiger partial charge is 0.482 e. The van der Waals surface area contributed by atoms with E-state index in [0.29, 0.717) is 5.69 Å². The molecule has 0 fully saturated rings. The first-order chi connectivity index (χ1) is 13.2. The molecular formula is C20H22N2O6. The molecule has 0 saturated carbocycles. The molecule has 0 aromatic heterocycles. The highest BCUT2D eigenvalue weighted by atomic mass is 16.6. The van der Waals surface area contributed by atoms with Gasteiger partial charge in [0.25, 0.3) is 11.6 Å². The van der Waals surface area contributed by atoms with Gasteiger partial charge in [-0.3, -0.25) is 14.9 Å². The number of nitrogens with zero attached hydrogens (tertiary/aromatic N) is 1. The number of amides is 1. The Morgan fingerprint density at radius 1 is 1.11 bits per heavy atom. The molecule has 0 bridgehead atoms. The Kier molecular flexibility index (Phi) is 6.70. The van der Waals surface area contributed by atoms with Crippen LogP contribution < -0.4 is 10.1 Å². The predicted molar refractivity (Wildman–Crippen MR) is 103 cm³/mol. The van der Waals surface area contributed by atoms with Crippen LogP contribution in [0.3, 0.4) is 0 Å². The minimum absolute atomic E-state index is 0.0816. The standard InChI is InChI=1S/C20H22N2O6/c1-12-9-13(2)19(14(3)10-12)21-20(24)15(4)28-18(23)11-27-17-7-5-16(6-8-17)22(25)26/h5-10,15H,11H2,1-4H3,(H,21,24)/t15-/m0/s1. The summed E-state index contributed by atoms with van der Waals surface area (Å²) in [5, 5.41) is 13.4. The van der Waals surface area contributed by atoms with Crippen LogP contribution in [0.25, 0.3) is 0 Å². The van der Waals surface area contributed by atoms with E-state index in [9.17, 15) is 19.7 Å². The van der Waals surface area contributed by atoms with Crippen LogP contribution in [0.4, 0.5) is 11.4 Å². The van der Waals surface area contributed by atoms with Crippen LogP contribution in [-0.2, 0) is 14.3 Å². The summed E-state index contributed by atoms with van der Waals surface area (Å²) in [6, 6.07) is 9.20. The third-order valence-electron chi connectivity index (χ3n) is 4.01. The number of aryl methyl sites for hydroxylation is 3. The molecule has 1 amide bonds. The number of hydrogen-bond donors (Lipinski definition) is 1. The Morgan fingerprint density at radius 3 is 2.21 bits per heavy atom. The summed E-state index contributed by atoms with van der Waals surface area (Å²) >= 11 is 0. The number of nitro benzene ring substituents is 1. The maximum atomic E-state index is 12.3. The lowest BCUT2D eigenvalue weighted by molar-refractivity contribution is -0.384. The first-order valence-corrected chi connectivity index (χ1v) is 8.63. The zero-order valence-electron chi connectivity index (χ0n) is 16.1. The van der Waals surface area contributed by atoms with Gasteiger partial charge in [0.15, 0.2) is 12.7 Å². The van der Waals surface area contributed by atoms with E-state index in [-0.39, 0.29) is 11.4 Å². The Bertz CT molecular complexity index is 869. The topological polar surface area (TPSA) is 108 Å². The van der Waals surface area contributed by atoms with Crippen molar-refractivity contribution in [2.45, 2.75) is 33.8 Å². The molecule has 0 unspecified atom stereocenters. The van der Waals surface area contributed by atoms with Crippen molar-refractivity contribution in [2.75, 3.05) is 11.9 Å². The summed E-state index contributed by atoms with van der Waals surface area (Å²) in [4.78, 5) is 34.3. The van der Waals surface area contributed by atoms with Crippen LogP contribution in [-0.4, -0.2) is 29.5 Å². The van der Waals surface area contributed by atoms with Crippen LogP contribution in [0.15, 0.2) is 36.4 Å². The summed E-state index contributed by atoms with van der Waals surface area (Å²) in [6.07, 6.45) is -1.01. The van der Waals surface area contributed by atoms with Crippen molar-refractivity contribution in [1.29, 1.82) is 0 Å². The number of esters is 1. The Labute approximate surface area is 162 Å². The molecule has 2 aromatic rings. The molecule has 8 heteroatoms. The highest BCUT2D eigenvalue weighted by molar-refractivity contribution is 5.96. The minimum atomic E-state index is -1.01. The van der Waals surface area contributed by atoms with Gasteiger partial charge in [0, 0.05) is 17.8 Å². The van der Waals surface area contributed by atoms with Gasteiger partial charge >= 0.3 is 5.97 Å². The fourth-order valence-electron chi connectivity index (χ4n) is 2.69. The highest BCUT2D eigenvalue weighted by Gasteiger charge is 2.20. The molecule has 0 heterocycles. The molecule has 0 aliphatic rings. The van der Waals surface area contributed by atoms with Crippen LogP contribution >= 0.6 is 0 Å². The highest BCUT2D eigenvalue weighted by Crippen LogP contribution is 2.22. The van der Waals surface area contributed by atoms with E-state index in [2.05, 4.69) is 5.32 Å². The van der Waals surface area contributed by atoms with Gasteiger partial charge in [-0.1, -0.05) is 17.7 Å². The summed E-state index contributed by atoms with van der Waals surface area (Å²) in [5.41, 5.74) is 3.55. The van der Waals surface area contributed by atoms with Gasteiger partial charge in [-0.15, -0.1) is 0 Å². The zero-order chi connectivity index (χ0) is 20.8. The minimum Gasteiger partial charge on any atom is -0.482 e. The molecule has 0 spiro atoms. The van der Waals surface area contributed by atoms with Crippen LogP contribution in [0.1, 0.15) is 23.6 Å². The van der Waals surface area contributed by atoms with Crippen LogP contribution in [0, 0.1) is 30.9 Å². The molecule has 2 aromatic carbocycles. The summed E-state index contributed by atoms with van der Waals surface area (Å²) in [7, 11) is 0. The van der Waals surface area contributed by atoms with E-state index < -0.39 is 29.5 Å². The van der Waals surface area contributed by atoms with E-state index in [0.717, 1.165) is 16.7 Å². The Balaban J connectivity index is 1.87. The lowest BCUT2D eigenvalue weighted by Gasteiger charge is -2.17. The number of carbonyl (C=O) groups excluding carboxylic acids is 2. The SMILES string of the molecule is Cc1cc(C)c(NC(=O)[C@H](C)OC(=O)COc2ccc([N+](=O)[O-])cc2)c(C)c1. The van der Waals surface area contributed by atoms with Crippen molar-refractivity contribution < 1.29 is 24.0 Å². The fourth-order valence-corrected chi connectivity index (χ4v) is 2.69. The van der Waals surface area contributed by atoms with Gasteiger partial charge in [-0.2, -0.15) is 0 Å². The number of benzene rings is 2. The number of nitrogens with one attached hydrogen (secondary N) is 1. The molecule has 1 atom stereocenters. The van der Waals surface area contributed by atoms with E-state index >= 15 is 0 Å². The van der Waals surface area contributed by atoms with Gasteiger partial charge < -0.3 is 14.8 Å². The maximum absolute atomic E-state index is 12.3. The van der Waals surface area contributed by atoms with Gasteiger partial charge in [0.2, 0.25) is 0 Å². The second-order valence-corrected chi connectivity index (χ2v) is 6.43. The van der Waals surface area contributed by atoms with Crippen molar-refractivity contribution in [3.63, 3.8) is 0 Å². The van der Waals surface area contributed by atoms with Gasteiger partial charge in [-0.25, -0.2) is 4.79 Å². The Morgan fingerprint density at radius 2 is 1.68 bits per heavy atom. The summed E-state index contributed by atoms with van der Waals surface area (Å²) in [6.45, 7) is 6.81. The molecule has 2 rings (SSSR count). The number of carbonyl (C=O) groups is 2. The van der Waals surface area contributed by atoms with Gasteiger partial charge in [0.1, 0.15) is 5.75 Å². The summed E-state index contributed by atoms with van der Waals surface area (Å²) < 4.78 is 10.3. The second-order valence-electron chi connectivity index (χ2n) is 6.43. The molecule has 8 nitrogen and oxygen atoms in total. The fraction of sp³-hybridized carbons (Fsp3) is 0.300. The molecule has 0 aliphatic heterocycles. The van der Waals surface area contributed by atoms with Crippen LogP contribution in [0.2, 0.25) is 0 Å². The Hall–Kier alpha value is -3.42. The van der Waals surface area contributed by atoms with Crippen LogP contribution in [0.5, 0.6) is 5.75 Å². The molecule has 0 aliphatic carbocycles. The van der Waals surface area contributed by atoms with Crippen molar-refractivity contribution in [2.24, 2.45) is 0 Å². The van der Waals surface area contributed by atoms with Crippen molar-refractivity contribution in [3.8, 4) is 5.75 Å². The second kappa shape index (κ2) is 8.98. The van der Waals surface area contributed by atoms with Crippen molar-refractivity contribution >= 4 is 23.3 Å². The average molecular weight is 386 g/mol. The number of hydrogen-bond acceptors (Lipinski definition) is 6. The van der Waals surface area contributed by atoms with Crippen molar-refractivity contribution in [3.05, 3.63) is 63.2 Å². The lowest BCUT2D eigenvalue weighted by atomic mass is 10.0. The smallest absolute Gasteiger partial charge is 0.344 e. The molecule has 148 valence electrons. The van der Waals surface area contributed by atoms with E-state index in [1.54, 1.807) is 0 Å². The first kappa shape index (κ1) is 20.9. The maximum Gasteiger partial charge on any atom is 0.344 e.